The molecule has 2 N–H and O–H groups in total. The number of carbonyl (C=O) groups is 3. The van der Waals surface area contributed by atoms with Crippen molar-refractivity contribution in [3.8, 4) is 0 Å². The number of hydrogen-bond donors (Lipinski definition) is 1. The molecule has 0 spiro atoms. The van der Waals surface area contributed by atoms with Crippen molar-refractivity contribution < 1.29 is 14.4 Å². The summed E-state index contributed by atoms with van der Waals surface area (Å²) in [5, 5.41) is 0. The zero-order valence-corrected chi connectivity index (χ0v) is 19.9. The van der Waals surface area contributed by atoms with Crippen LogP contribution < -0.4 is 5.73 Å². The summed E-state index contributed by atoms with van der Waals surface area (Å²) in [5.41, 5.74) is 5.74. The average Bonchev–Trinajstić information content (AvgIpc) is 2.76. The fourth-order valence-corrected chi connectivity index (χ4v) is 6.34. The van der Waals surface area contributed by atoms with Crippen LogP contribution in [0.25, 0.3) is 0 Å². The molecule has 6 nitrogen and oxygen atoms in total. The number of amides is 3. The van der Waals surface area contributed by atoms with Gasteiger partial charge in [0.2, 0.25) is 17.7 Å². The van der Waals surface area contributed by atoms with E-state index in [1.54, 1.807) is 11.9 Å². The second-order valence-electron chi connectivity index (χ2n) is 10.5. The fourth-order valence-electron chi connectivity index (χ4n) is 6.34. The summed E-state index contributed by atoms with van der Waals surface area (Å²) >= 11 is 0. The number of carbonyl (C=O) groups excluding carboxylic acids is 3. The first kappa shape index (κ1) is 24.1. The second kappa shape index (κ2) is 10.8. The van der Waals surface area contributed by atoms with Crippen LogP contribution in [0.3, 0.4) is 0 Å². The van der Waals surface area contributed by atoms with Crippen LogP contribution in [0, 0.1) is 17.8 Å². The third kappa shape index (κ3) is 5.43. The lowest BCUT2D eigenvalue weighted by molar-refractivity contribution is -0.157. The molecule has 0 radical (unpaired) electrons. The van der Waals surface area contributed by atoms with Gasteiger partial charge < -0.3 is 15.5 Å². The van der Waals surface area contributed by atoms with Crippen LogP contribution >= 0.6 is 0 Å². The van der Waals surface area contributed by atoms with E-state index in [0.717, 1.165) is 64.2 Å². The summed E-state index contributed by atoms with van der Waals surface area (Å²) < 4.78 is 0. The summed E-state index contributed by atoms with van der Waals surface area (Å²) in [6, 6.07) is 0.300. The van der Waals surface area contributed by atoms with Gasteiger partial charge in [0.25, 0.3) is 0 Å². The predicted octanol–water partition coefficient (Wildman–Crippen LogP) is 3.87. The van der Waals surface area contributed by atoms with Gasteiger partial charge in [-0.1, -0.05) is 58.8 Å². The Morgan fingerprint density at radius 1 is 0.710 bits per heavy atom. The number of rotatable bonds is 6. The standard InChI is InChI=1S/C25H43N3O3/c1-17-11-7-9-15-20(17)28(21-16-10-8-12-18(21)2)25(31)22(23(26)29)24(30)27(3)19-13-5-4-6-14-19/h17-22H,4-16H2,1-3H3,(H2,26,29). The van der Waals surface area contributed by atoms with Gasteiger partial charge in [-0.3, -0.25) is 14.4 Å². The summed E-state index contributed by atoms with van der Waals surface area (Å²) in [7, 11) is 1.75. The van der Waals surface area contributed by atoms with Gasteiger partial charge in [0, 0.05) is 25.2 Å². The Labute approximate surface area is 188 Å². The van der Waals surface area contributed by atoms with Crippen LogP contribution in [0.1, 0.15) is 97.3 Å². The van der Waals surface area contributed by atoms with Gasteiger partial charge in [-0.25, -0.2) is 0 Å². The van der Waals surface area contributed by atoms with E-state index in [0.29, 0.717) is 11.8 Å². The monoisotopic (exact) mass is 433 g/mol. The third-order valence-corrected chi connectivity index (χ3v) is 8.35. The quantitative estimate of drug-likeness (QED) is 0.646. The SMILES string of the molecule is CC1CCCCC1N(C(=O)C(C(N)=O)C(=O)N(C)C1CCCCC1)C1CCCCC1C. The van der Waals surface area contributed by atoms with Crippen LogP contribution in [-0.2, 0) is 14.4 Å². The highest BCUT2D eigenvalue weighted by atomic mass is 16.2. The summed E-state index contributed by atoms with van der Waals surface area (Å²) in [5.74, 6) is -2.16. The molecule has 0 bridgehead atoms. The lowest BCUT2D eigenvalue weighted by Crippen LogP contribution is -2.59. The molecule has 3 fully saturated rings. The largest absolute Gasteiger partial charge is 0.369 e. The maximum Gasteiger partial charge on any atom is 0.245 e. The van der Waals surface area contributed by atoms with Gasteiger partial charge in [0.15, 0.2) is 5.92 Å². The van der Waals surface area contributed by atoms with Crippen molar-refractivity contribution in [1.29, 1.82) is 0 Å². The van der Waals surface area contributed by atoms with Gasteiger partial charge in [0.05, 0.1) is 0 Å². The van der Waals surface area contributed by atoms with Crippen LogP contribution in [-0.4, -0.2) is 52.7 Å². The molecule has 31 heavy (non-hydrogen) atoms. The van der Waals surface area contributed by atoms with Crippen LogP contribution in [0.5, 0.6) is 0 Å². The van der Waals surface area contributed by atoms with E-state index in [-0.39, 0.29) is 24.0 Å². The Hall–Kier alpha value is -1.59. The molecule has 0 aliphatic heterocycles. The molecule has 176 valence electrons. The van der Waals surface area contributed by atoms with E-state index >= 15 is 0 Å². The van der Waals surface area contributed by atoms with Crippen molar-refractivity contribution in [2.75, 3.05) is 7.05 Å². The van der Waals surface area contributed by atoms with Gasteiger partial charge in [0.1, 0.15) is 0 Å². The van der Waals surface area contributed by atoms with Crippen LogP contribution in [0.4, 0.5) is 0 Å². The minimum Gasteiger partial charge on any atom is -0.369 e. The third-order valence-electron chi connectivity index (χ3n) is 8.35. The molecule has 3 aliphatic rings. The van der Waals surface area contributed by atoms with Crippen molar-refractivity contribution in [1.82, 2.24) is 9.80 Å². The molecule has 0 heterocycles. The molecule has 6 heteroatoms. The molecule has 3 saturated carbocycles. The highest BCUT2D eigenvalue weighted by molar-refractivity contribution is 6.17. The van der Waals surface area contributed by atoms with Crippen molar-refractivity contribution in [3.63, 3.8) is 0 Å². The van der Waals surface area contributed by atoms with E-state index < -0.39 is 17.7 Å². The lowest BCUT2D eigenvalue weighted by Gasteiger charge is -2.47. The predicted molar refractivity (Wildman–Crippen MR) is 122 cm³/mol. The van der Waals surface area contributed by atoms with E-state index in [1.165, 1.54) is 19.3 Å². The molecule has 0 aromatic carbocycles. The number of primary amides is 1. The topological polar surface area (TPSA) is 83.7 Å². The first-order valence-electron chi connectivity index (χ1n) is 12.7. The minimum absolute atomic E-state index is 0.0986. The molecular formula is C25H43N3O3. The highest BCUT2D eigenvalue weighted by Crippen LogP contribution is 2.37. The first-order valence-corrected chi connectivity index (χ1v) is 12.7. The van der Waals surface area contributed by atoms with Crippen molar-refractivity contribution in [2.45, 2.75) is 115 Å². The molecule has 0 saturated heterocycles. The van der Waals surface area contributed by atoms with Crippen molar-refractivity contribution >= 4 is 17.7 Å². The molecule has 3 aliphatic carbocycles. The molecule has 5 unspecified atom stereocenters. The maximum absolute atomic E-state index is 14.0. The maximum atomic E-state index is 14.0. The first-order chi connectivity index (χ1) is 14.8. The Kier molecular flexibility index (Phi) is 8.40. The highest BCUT2D eigenvalue weighted by Gasteiger charge is 2.45. The summed E-state index contributed by atoms with van der Waals surface area (Å²) in [4.78, 5) is 43.6. The molecule has 3 amide bonds. The number of nitrogens with zero attached hydrogens (tertiary/aromatic N) is 2. The zero-order chi connectivity index (χ0) is 22.5. The van der Waals surface area contributed by atoms with Crippen molar-refractivity contribution in [3.05, 3.63) is 0 Å². The average molecular weight is 434 g/mol. The Morgan fingerprint density at radius 3 is 1.61 bits per heavy atom. The second-order valence-corrected chi connectivity index (χ2v) is 10.5. The van der Waals surface area contributed by atoms with Crippen LogP contribution in [0.2, 0.25) is 0 Å². The molecule has 0 aromatic rings. The van der Waals surface area contributed by atoms with Gasteiger partial charge in [-0.05, 0) is 50.4 Å². The van der Waals surface area contributed by atoms with E-state index in [4.69, 9.17) is 5.73 Å². The normalized spacial score (nSPS) is 30.9. The van der Waals surface area contributed by atoms with Crippen molar-refractivity contribution in [2.24, 2.45) is 23.5 Å². The minimum atomic E-state index is -1.39. The summed E-state index contributed by atoms with van der Waals surface area (Å²) in [6.07, 6.45) is 13.9. The zero-order valence-electron chi connectivity index (χ0n) is 19.9. The molecule has 0 aromatic heterocycles. The van der Waals surface area contributed by atoms with E-state index in [9.17, 15) is 14.4 Å². The molecule has 5 atom stereocenters. The Bertz CT molecular complexity index is 624. The fraction of sp³-hybridized carbons (Fsp3) is 0.880. The van der Waals surface area contributed by atoms with Gasteiger partial charge in [-0.2, -0.15) is 0 Å². The molecule has 3 rings (SSSR count). The van der Waals surface area contributed by atoms with Gasteiger partial charge >= 0.3 is 0 Å². The number of hydrogen-bond acceptors (Lipinski definition) is 3. The smallest absolute Gasteiger partial charge is 0.245 e. The Balaban J connectivity index is 1.88. The van der Waals surface area contributed by atoms with E-state index in [1.807, 2.05) is 4.90 Å². The number of nitrogens with two attached hydrogens (primary N) is 1. The van der Waals surface area contributed by atoms with Gasteiger partial charge in [-0.15, -0.1) is 0 Å². The Morgan fingerprint density at radius 2 is 1.16 bits per heavy atom. The van der Waals surface area contributed by atoms with Crippen LogP contribution in [0.15, 0.2) is 0 Å². The van der Waals surface area contributed by atoms with E-state index in [2.05, 4.69) is 13.8 Å². The molecular weight excluding hydrogens is 390 g/mol. The lowest BCUT2D eigenvalue weighted by atomic mass is 9.79. The summed E-state index contributed by atoms with van der Waals surface area (Å²) in [6.45, 7) is 4.43.